The molecule has 1 N–H and O–H groups in total. The Balaban J connectivity index is 1.57. The standard InChI is InChI=1S/C15H20N4O2/c20-13-5-3-11(4-6-13)14(21)18-12-9-16-15(17-10-12)19-7-1-2-8-19/h9-11H,1-8H2,(H,18,21). The van der Waals surface area contributed by atoms with Gasteiger partial charge in [-0.2, -0.15) is 0 Å². The third kappa shape index (κ3) is 3.37. The minimum absolute atomic E-state index is 0.0278. The number of anilines is 2. The second-order valence-electron chi connectivity index (χ2n) is 5.77. The normalized spacial score (nSPS) is 19.8. The number of Topliss-reactive ketones (excluding diaryl/α,β-unsaturated/α-hetero) is 1. The van der Waals surface area contributed by atoms with Gasteiger partial charge in [-0.15, -0.1) is 0 Å². The van der Waals surface area contributed by atoms with Crippen LogP contribution in [0.5, 0.6) is 0 Å². The van der Waals surface area contributed by atoms with Crippen molar-refractivity contribution in [3.8, 4) is 0 Å². The maximum atomic E-state index is 12.1. The van der Waals surface area contributed by atoms with Crippen LogP contribution >= 0.6 is 0 Å². The second-order valence-corrected chi connectivity index (χ2v) is 5.77. The molecule has 0 bridgehead atoms. The van der Waals surface area contributed by atoms with E-state index in [-0.39, 0.29) is 17.6 Å². The van der Waals surface area contributed by atoms with E-state index in [1.54, 1.807) is 12.4 Å². The van der Waals surface area contributed by atoms with Crippen LogP contribution < -0.4 is 10.2 Å². The highest BCUT2D eigenvalue weighted by molar-refractivity contribution is 5.93. The van der Waals surface area contributed by atoms with Gasteiger partial charge < -0.3 is 10.2 Å². The van der Waals surface area contributed by atoms with Gasteiger partial charge in [0.15, 0.2) is 0 Å². The van der Waals surface area contributed by atoms with Gasteiger partial charge >= 0.3 is 0 Å². The molecule has 1 saturated carbocycles. The Bertz CT molecular complexity index is 513. The molecule has 2 fully saturated rings. The number of carbonyl (C=O) groups excluding carboxylic acids is 2. The summed E-state index contributed by atoms with van der Waals surface area (Å²) < 4.78 is 0. The molecule has 1 aliphatic heterocycles. The number of hydrogen-bond acceptors (Lipinski definition) is 5. The lowest BCUT2D eigenvalue weighted by atomic mass is 9.88. The van der Waals surface area contributed by atoms with E-state index in [1.807, 2.05) is 0 Å². The third-order valence-electron chi connectivity index (χ3n) is 4.21. The van der Waals surface area contributed by atoms with Crippen molar-refractivity contribution in [1.82, 2.24) is 9.97 Å². The number of nitrogens with zero attached hydrogens (tertiary/aromatic N) is 3. The summed E-state index contributed by atoms with van der Waals surface area (Å²) in [6, 6.07) is 0. The SMILES string of the molecule is O=C1CCC(C(=O)Nc2cnc(N3CCCC3)nc2)CC1. The number of nitrogens with one attached hydrogen (secondary N) is 1. The molecule has 0 unspecified atom stereocenters. The van der Waals surface area contributed by atoms with Crippen molar-refractivity contribution in [2.45, 2.75) is 38.5 Å². The Morgan fingerprint density at radius 1 is 1.14 bits per heavy atom. The van der Waals surface area contributed by atoms with Gasteiger partial charge in [0.2, 0.25) is 11.9 Å². The molecule has 21 heavy (non-hydrogen) atoms. The number of carbonyl (C=O) groups is 2. The van der Waals surface area contributed by atoms with Crippen LogP contribution in [0.15, 0.2) is 12.4 Å². The third-order valence-corrected chi connectivity index (χ3v) is 4.21. The number of amides is 1. The van der Waals surface area contributed by atoms with E-state index in [2.05, 4.69) is 20.2 Å². The van der Waals surface area contributed by atoms with Crippen molar-refractivity contribution in [2.75, 3.05) is 23.3 Å². The van der Waals surface area contributed by atoms with E-state index in [0.29, 0.717) is 31.4 Å². The van der Waals surface area contributed by atoms with Crippen molar-refractivity contribution >= 4 is 23.3 Å². The molecular weight excluding hydrogens is 268 g/mol. The summed E-state index contributed by atoms with van der Waals surface area (Å²) in [5, 5.41) is 2.85. The number of hydrogen-bond donors (Lipinski definition) is 1. The fourth-order valence-corrected chi connectivity index (χ4v) is 2.91. The van der Waals surface area contributed by atoms with Gasteiger partial charge in [0.25, 0.3) is 0 Å². The monoisotopic (exact) mass is 288 g/mol. The fraction of sp³-hybridized carbons (Fsp3) is 0.600. The van der Waals surface area contributed by atoms with Gasteiger partial charge in [-0.05, 0) is 25.7 Å². The van der Waals surface area contributed by atoms with E-state index < -0.39 is 0 Å². The first-order chi connectivity index (χ1) is 10.2. The topological polar surface area (TPSA) is 75.2 Å². The molecule has 0 atom stereocenters. The molecule has 1 aromatic rings. The zero-order valence-electron chi connectivity index (χ0n) is 12.0. The molecule has 1 aromatic heterocycles. The molecule has 0 spiro atoms. The van der Waals surface area contributed by atoms with Gasteiger partial charge in [-0.25, -0.2) is 9.97 Å². The van der Waals surface area contributed by atoms with E-state index in [4.69, 9.17) is 0 Å². The summed E-state index contributed by atoms with van der Waals surface area (Å²) in [6.45, 7) is 2.00. The molecule has 1 aliphatic carbocycles. The Hall–Kier alpha value is -1.98. The fourth-order valence-electron chi connectivity index (χ4n) is 2.91. The predicted octanol–water partition coefficient (Wildman–Crippen LogP) is 1.77. The Morgan fingerprint density at radius 2 is 1.76 bits per heavy atom. The number of rotatable bonds is 3. The molecule has 1 amide bonds. The maximum absolute atomic E-state index is 12.1. The van der Waals surface area contributed by atoms with Crippen LogP contribution in [-0.4, -0.2) is 34.7 Å². The second kappa shape index (κ2) is 6.20. The Morgan fingerprint density at radius 3 is 2.38 bits per heavy atom. The molecule has 2 aliphatic rings. The summed E-state index contributed by atoms with van der Waals surface area (Å²) in [6.07, 6.45) is 8.02. The first-order valence-corrected chi connectivity index (χ1v) is 7.62. The molecule has 1 saturated heterocycles. The predicted molar refractivity (Wildman–Crippen MR) is 79.1 cm³/mol. The molecular formula is C15H20N4O2. The van der Waals surface area contributed by atoms with Gasteiger partial charge in [0, 0.05) is 31.8 Å². The summed E-state index contributed by atoms with van der Waals surface area (Å²) in [4.78, 5) is 34.1. The van der Waals surface area contributed by atoms with Gasteiger partial charge in [-0.3, -0.25) is 9.59 Å². The van der Waals surface area contributed by atoms with E-state index in [9.17, 15) is 9.59 Å². The zero-order chi connectivity index (χ0) is 14.7. The Labute approximate surface area is 124 Å². The Kier molecular flexibility index (Phi) is 4.13. The first kappa shape index (κ1) is 14.0. The lowest BCUT2D eigenvalue weighted by Gasteiger charge is -2.20. The van der Waals surface area contributed by atoms with Crippen LogP contribution in [0, 0.1) is 5.92 Å². The van der Waals surface area contributed by atoms with Crippen LogP contribution in [-0.2, 0) is 9.59 Å². The molecule has 2 heterocycles. The lowest BCUT2D eigenvalue weighted by Crippen LogP contribution is -2.27. The van der Waals surface area contributed by atoms with Crippen LogP contribution in [0.1, 0.15) is 38.5 Å². The number of ketones is 1. The smallest absolute Gasteiger partial charge is 0.227 e. The van der Waals surface area contributed by atoms with Crippen LogP contribution in [0.4, 0.5) is 11.6 Å². The maximum Gasteiger partial charge on any atom is 0.227 e. The molecule has 6 heteroatoms. The quantitative estimate of drug-likeness (QED) is 0.917. The van der Waals surface area contributed by atoms with Crippen LogP contribution in [0.2, 0.25) is 0 Å². The number of aromatic nitrogens is 2. The zero-order valence-corrected chi connectivity index (χ0v) is 12.0. The van der Waals surface area contributed by atoms with Crippen molar-refractivity contribution in [3.05, 3.63) is 12.4 Å². The summed E-state index contributed by atoms with van der Waals surface area (Å²) in [5.41, 5.74) is 0.625. The summed E-state index contributed by atoms with van der Waals surface area (Å²) in [5.74, 6) is 0.895. The molecule has 3 rings (SSSR count). The van der Waals surface area contributed by atoms with Gasteiger partial charge in [0.1, 0.15) is 5.78 Å². The minimum Gasteiger partial charge on any atom is -0.341 e. The molecule has 0 radical (unpaired) electrons. The van der Waals surface area contributed by atoms with Crippen molar-refractivity contribution < 1.29 is 9.59 Å². The molecule has 6 nitrogen and oxygen atoms in total. The van der Waals surface area contributed by atoms with Gasteiger partial charge in [0.05, 0.1) is 18.1 Å². The van der Waals surface area contributed by atoms with Crippen molar-refractivity contribution in [2.24, 2.45) is 5.92 Å². The summed E-state index contributed by atoms with van der Waals surface area (Å²) in [7, 11) is 0. The van der Waals surface area contributed by atoms with E-state index in [1.165, 1.54) is 12.8 Å². The van der Waals surface area contributed by atoms with Crippen LogP contribution in [0.3, 0.4) is 0 Å². The average molecular weight is 288 g/mol. The van der Waals surface area contributed by atoms with Gasteiger partial charge in [-0.1, -0.05) is 0 Å². The highest BCUT2D eigenvalue weighted by Gasteiger charge is 2.25. The summed E-state index contributed by atoms with van der Waals surface area (Å²) >= 11 is 0. The first-order valence-electron chi connectivity index (χ1n) is 7.62. The lowest BCUT2D eigenvalue weighted by molar-refractivity contribution is -0.125. The van der Waals surface area contributed by atoms with E-state index >= 15 is 0 Å². The van der Waals surface area contributed by atoms with Crippen LogP contribution in [0.25, 0.3) is 0 Å². The largest absolute Gasteiger partial charge is 0.341 e. The highest BCUT2D eigenvalue weighted by Crippen LogP contribution is 2.23. The van der Waals surface area contributed by atoms with Crippen molar-refractivity contribution in [1.29, 1.82) is 0 Å². The molecule has 0 aromatic carbocycles. The van der Waals surface area contributed by atoms with E-state index in [0.717, 1.165) is 19.0 Å². The minimum atomic E-state index is -0.0686. The average Bonchev–Trinajstić information content (AvgIpc) is 3.03. The highest BCUT2D eigenvalue weighted by atomic mass is 16.2. The van der Waals surface area contributed by atoms with Crippen molar-refractivity contribution in [3.63, 3.8) is 0 Å². The molecule has 112 valence electrons.